The Balaban J connectivity index is 2.06. The number of carbonyl (C=O) groups excluding carboxylic acids is 1. The Bertz CT molecular complexity index is 626. The van der Waals surface area contributed by atoms with Crippen molar-refractivity contribution in [1.82, 2.24) is 20.0 Å². The second-order valence-corrected chi connectivity index (χ2v) is 6.92. The molecule has 0 saturated carbocycles. The fraction of sp³-hybridized carbons (Fsp3) is 0.571. The molecule has 0 fully saturated rings. The van der Waals surface area contributed by atoms with Crippen LogP contribution in [0.15, 0.2) is 6.20 Å². The van der Waals surface area contributed by atoms with Crippen molar-refractivity contribution in [2.75, 3.05) is 13.6 Å². The summed E-state index contributed by atoms with van der Waals surface area (Å²) in [6.45, 7) is 9.32. The van der Waals surface area contributed by atoms with Crippen LogP contribution in [0.5, 0.6) is 0 Å². The Kier molecular flexibility index (Phi) is 4.15. The van der Waals surface area contributed by atoms with E-state index in [1.54, 1.807) is 18.4 Å². The van der Waals surface area contributed by atoms with Gasteiger partial charge in [-0.15, -0.1) is 11.3 Å². The van der Waals surface area contributed by atoms with E-state index in [1.165, 1.54) is 4.88 Å². The minimum Gasteiger partial charge on any atom is -0.359 e. The molecular formula is C14H22N4OS. The average molecular weight is 294 g/mol. The summed E-state index contributed by atoms with van der Waals surface area (Å²) in [5.74, 6) is 0.0477. The number of nitrogens with one attached hydrogen (secondary N) is 2. The number of aromatic nitrogens is 2. The van der Waals surface area contributed by atoms with E-state index in [-0.39, 0.29) is 5.91 Å². The molecule has 1 amide bonds. The quantitative estimate of drug-likeness (QED) is 0.885. The van der Waals surface area contributed by atoms with Crippen molar-refractivity contribution in [3.63, 3.8) is 0 Å². The molecule has 110 valence electrons. The summed E-state index contributed by atoms with van der Waals surface area (Å²) >= 11 is 1.69. The highest BCUT2D eigenvalue weighted by atomic mass is 32.1. The third kappa shape index (κ3) is 2.86. The maximum absolute atomic E-state index is 11.7. The van der Waals surface area contributed by atoms with Crippen molar-refractivity contribution in [2.24, 2.45) is 5.41 Å². The maximum atomic E-state index is 11.7. The highest BCUT2D eigenvalue weighted by Crippen LogP contribution is 2.21. The summed E-state index contributed by atoms with van der Waals surface area (Å²) in [5.41, 5.74) is 1.79. The number of carbonyl (C=O) groups is 1. The zero-order valence-corrected chi connectivity index (χ0v) is 13.5. The van der Waals surface area contributed by atoms with Gasteiger partial charge in [0.25, 0.3) is 0 Å². The van der Waals surface area contributed by atoms with Crippen molar-refractivity contribution in [2.45, 2.75) is 34.2 Å². The van der Waals surface area contributed by atoms with Crippen molar-refractivity contribution in [3.05, 3.63) is 22.5 Å². The highest BCUT2D eigenvalue weighted by molar-refractivity contribution is 7.17. The number of nitrogens with zero attached hydrogens (tertiary/aromatic N) is 2. The van der Waals surface area contributed by atoms with Crippen LogP contribution in [0.3, 0.4) is 0 Å². The van der Waals surface area contributed by atoms with Gasteiger partial charge in [-0.2, -0.15) is 0 Å². The van der Waals surface area contributed by atoms with Gasteiger partial charge in [0.2, 0.25) is 5.91 Å². The van der Waals surface area contributed by atoms with Gasteiger partial charge in [0.05, 0.1) is 16.8 Å². The molecule has 0 aliphatic carbocycles. The monoisotopic (exact) mass is 294 g/mol. The Morgan fingerprint density at radius 2 is 2.15 bits per heavy atom. The zero-order chi connectivity index (χ0) is 14.9. The fourth-order valence-corrected chi connectivity index (χ4v) is 3.12. The first-order chi connectivity index (χ1) is 9.35. The lowest BCUT2D eigenvalue weighted by molar-refractivity contribution is -0.128. The summed E-state index contributed by atoms with van der Waals surface area (Å²) in [7, 11) is 1.67. The summed E-state index contributed by atoms with van der Waals surface area (Å²) < 4.78 is 2.13. The standard InChI is InChI=1S/C14H22N4OS/c1-9-7-18-11(10(2)17-13(18)20-9)6-16-8-14(3,4)12(19)15-5/h7,16H,6,8H2,1-5H3,(H,15,19). The van der Waals surface area contributed by atoms with Crippen molar-refractivity contribution in [3.8, 4) is 0 Å². The first-order valence-corrected chi connectivity index (χ1v) is 7.53. The molecule has 2 aromatic rings. The SMILES string of the molecule is CNC(=O)C(C)(C)CNCc1c(C)nc2sc(C)cn12. The van der Waals surface area contributed by atoms with Crippen LogP contribution in [-0.2, 0) is 11.3 Å². The number of thiazole rings is 1. The van der Waals surface area contributed by atoms with E-state index in [4.69, 9.17) is 0 Å². The minimum absolute atomic E-state index is 0.0477. The molecule has 20 heavy (non-hydrogen) atoms. The van der Waals surface area contributed by atoms with Crippen LogP contribution in [0.2, 0.25) is 0 Å². The molecule has 0 aromatic carbocycles. The highest BCUT2D eigenvalue weighted by Gasteiger charge is 2.26. The van der Waals surface area contributed by atoms with Gasteiger partial charge in [-0.25, -0.2) is 4.98 Å². The third-order valence-electron chi connectivity index (χ3n) is 3.44. The molecule has 0 spiro atoms. The maximum Gasteiger partial charge on any atom is 0.226 e. The summed E-state index contributed by atoms with van der Waals surface area (Å²) in [6, 6.07) is 0. The number of hydrogen-bond donors (Lipinski definition) is 2. The molecule has 6 heteroatoms. The van der Waals surface area contributed by atoms with Gasteiger partial charge < -0.3 is 10.6 Å². The van der Waals surface area contributed by atoms with Crippen LogP contribution in [0.1, 0.15) is 30.1 Å². The van der Waals surface area contributed by atoms with Crippen LogP contribution >= 0.6 is 11.3 Å². The van der Waals surface area contributed by atoms with E-state index in [2.05, 4.69) is 33.1 Å². The molecule has 2 heterocycles. The number of fused-ring (bicyclic) bond motifs is 1. The summed E-state index contributed by atoms with van der Waals surface area (Å²) in [5, 5.41) is 6.07. The third-order valence-corrected chi connectivity index (χ3v) is 4.34. The largest absolute Gasteiger partial charge is 0.359 e. The topological polar surface area (TPSA) is 58.4 Å². The van der Waals surface area contributed by atoms with Crippen molar-refractivity contribution >= 4 is 22.2 Å². The second kappa shape index (κ2) is 5.54. The van der Waals surface area contributed by atoms with Crippen LogP contribution in [-0.4, -0.2) is 28.9 Å². The lowest BCUT2D eigenvalue weighted by atomic mass is 9.92. The number of amides is 1. The van der Waals surface area contributed by atoms with Gasteiger partial charge in [-0.05, 0) is 27.7 Å². The molecule has 2 aromatic heterocycles. The molecule has 0 unspecified atom stereocenters. The smallest absolute Gasteiger partial charge is 0.226 e. The Morgan fingerprint density at radius 1 is 1.45 bits per heavy atom. The first kappa shape index (κ1) is 15.0. The first-order valence-electron chi connectivity index (χ1n) is 6.72. The molecule has 0 radical (unpaired) electrons. The molecular weight excluding hydrogens is 272 g/mol. The summed E-state index contributed by atoms with van der Waals surface area (Å²) in [6.07, 6.45) is 2.11. The van der Waals surface area contributed by atoms with Crippen LogP contribution < -0.4 is 10.6 Å². The molecule has 0 saturated heterocycles. The van der Waals surface area contributed by atoms with Gasteiger partial charge in [-0.3, -0.25) is 9.20 Å². The van der Waals surface area contributed by atoms with Crippen LogP contribution in [0, 0.1) is 19.3 Å². The number of hydrogen-bond acceptors (Lipinski definition) is 4. The zero-order valence-electron chi connectivity index (χ0n) is 12.7. The molecule has 2 N–H and O–H groups in total. The molecule has 2 rings (SSSR count). The van der Waals surface area contributed by atoms with Gasteiger partial charge in [0.15, 0.2) is 4.96 Å². The number of aryl methyl sites for hydroxylation is 2. The van der Waals surface area contributed by atoms with Crippen molar-refractivity contribution in [1.29, 1.82) is 0 Å². The second-order valence-electron chi connectivity index (χ2n) is 5.70. The van der Waals surface area contributed by atoms with Gasteiger partial charge in [-0.1, -0.05) is 0 Å². The van der Waals surface area contributed by atoms with Crippen LogP contribution in [0.25, 0.3) is 4.96 Å². The van der Waals surface area contributed by atoms with Crippen LogP contribution in [0.4, 0.5) is 0 Å². The normalized spacial score (nSPS) is 12.1. The summed E-state index contributed by atoms with van der Waals surface area (Å²) in [4.78, 5) is 18.6. The van der Waals surface area contributed by atoms with E-state index in [0.29, 0.717) is 13.1 Å². The predicted molar refractivity (Wildman–Crippen MR) is 82.1 cm³/mol. The molecule has 0 aliphatic rings. The average Bonchev–Trinajstić information content (AvgIpc) is 2.85. The predicted octanol–water partition coefficient (Wildman–Crippen LogP) is 1.87. The van der Waals surface area contributed by atoms with Crippen molar-refractivity contribution < 1.29 is 4.79 Å². The number of imidazole rings is 1. The van der Waals surface area contributed by atoms with E-state index in [9.17, 15) is 4.79 Å². The lowest BCUT2D eigenvalue weighted by Crippen LogP contribution is -2.42. The molecule has 0 bridgehead atoms. The van der Waals surface area contributed by atoms with E-state index >= 15 is 0 Å². The Morgan fingerprint density at radius 3 is 2.80 bits per heavy atom. The minimum atomic E-state index is -0.420. The fourth-order valence-electron chi connectivity index (χ4n) is 2.23. The Hall–Kier alpha value is -1.40. The Labute approximate surface area is 123 Å². The molecule has 5 nitrogen and oxygen atoms in total. The molecule has 0 atom stereocenters. The number of rotatable bonds is 5. The van der Waals surface area contributed by atoms with Gasteiger partial charge >= 0.3 is 0 Å². The van der Waals surface area contributed by atoms with E-state index in [1.807, 2.05) is 20.8 Å². The lowest BCUT2D eigenvalue weighted by Gasteiger charge is -2.22. The molecule has 0 aliphatic heterocycles. The van der Waals surface area contributed by atoms with E-state index < -0.39 is 5.41 Å². The van der Waals surface area contributed by atoms with E-state index in [0.717, 1.165) is 16.3 Å². The van der Waals surface area contributed by atoms with Gasteiger partial charge in [0, 0.05) is 31.2 Å². The van der Waals surface area contributed by atoms with Gasteiger partial charge in [0.1, 0.15) is 0 Å².